The summed E-state index contributed by atoms with van der Waals surface area (Å²) in [6, 6.07) is 1.50. The van der Waals surface area contributed by atoms with Crippen LogP contribution in [0.1, 0.15) is 31.7 Å². The predicted molar refractivity (Wildman–Crippen MR) is 48.6 cm³/mol. The van der Waals surface area contributed by atoms with Gasteiger partial charge in [-0.2, -0.15) is 0 Å². The summed E-state index contributed by atoms with van der Waals surface area (Å²) in [5, 5.41) is 10.3. The summed E-state index contributed by atoms with van der Waals surface area (Å²) in [4.78, 5) is 9.75. The Morgan fingerprint density at radius 2 is 2.31 bits per heavy atom. The molecule has 0 spiro atoms. The molecule has 13 heavy (non-hydrogen) atoms. The topological polar surface area (TPSA) is 56.3 Å². The lowest BCUT2D eigenvalue weighted by Gasteiger charge is -1.92. The van der Waals surface area contributed by atoms with Crippen molar-refractivity contribution in [1.82, 2.24) is 0 Å². The van der Waals surface area contributed by atoms with E-state index in [1.54, 1.807) is 0 Å². The molecule has 4 nitrogen and oxygen atoms in total. The van der Waals surface area contributed by atoms with Gasteiger partial charge in [-0.25, -0.2) is 0 Å². The molecule has 4 heteroatoms. The van der Waals surface area contributed by atoms with E-state index in [1.165, 1.54) is 12.3 Å². The third kappa shape index (κ3) is 2.89. The first kappa shape index (κ1) is 9.77. The zero-order valence-corrected chi connectivity index (χ0v) is 7.66. The van der Waals surface area contributed by atoms with Gasteiger partial charge in [0, 0.05) is 0 Å². The van der Waals surface area contributed by atoms with Crippen molar-refractivity contribution >= 4 is 5.88 Å². The minimum atomic E-state index is -0.511. The molecular weight excluding hydrogens is 170 g/mol. The highest BCUT2D eigenvalue weighted by atomic mass is 16.6. The van der Waals surface area contributed by atoms with Gasteiger partial charge in [-0.3, -0.25) is 10.1 Å². The maximum atomic E-state index is 10.3. The predicted octanol–water partition coefficient (Wildman–Crippen LogP) is 2.92. The number of furan rings is 1. The standard InChI is InChI=1S/C9H13NO3/c1-2-3-4-5-8-6-9(10(11)12)13-7-8/h6-7H,2-5H2,1H3. The summed E-state index contributed by atoms with van der Waals surface area (Å²) in [7, 11) is 0. The molecule has 0 unspecified atom stereocenters. The van der Waals surface area contributed by atoms with Gasteiger partial charge in [-0.1, -0.05) is 19.8 Å². The van der Waals surface area contributed by atoms with Crippen LogP contribution in [0.3, 0.4) is 0 Å². The molecule has 0 amide bonds. The molecule has 1 aromatic heterocycles. The van der Waals surface area contributed by atoms with E-state index in [2.05, 4.69) is 6.92 Å². The van der Waals surface area contributed by atoms with Gasteiger partial charge in [0.15, 0.2) is 0 Å². The van der Waals surface area contributed by atoms with Crippen LogP contribution < -0.4 is 0 Å². The molecule has 0 saturated heterocycles. The van der Waals surface area contributed by atoms with E-state index in [0.29, 0.717) is 0 Å². The van der Waals surface area contributed by atoms with Crippen molar-refractivity contribution in [3.05, 3.63) is 28.0 Å². The van der Waals surface area contributed by atoms with E-state index in [4.69, 9.17) is 4.42 Å². The van der Waals surface area contributed by atoms with Crippen LogP contribution in [-0.4, -0.2) is 4.92 Å². The van der Waals surface area contributed by atoms with Gasteiger partial charge in [0.05, 0.1) is 6.07 Å². The summed E-state index contributed by atoms with van der Waals surface area (Å²) in [6.45, 7) is 2.12. The zero-order valence-electron chi connectivity index (χ0n) is 7.66. The molecular formula is C9H13NO3. The molecule has 0 aromatic carbocycles. The molecule has 0 saturated carbocycles. The molecule has 0 radical (unpaired) electrons. The monoisotopic (exact) mass is 183 g/mol. The molecule has 0 N–H and O–H groups in total. The van der Waals surface area contributed by atoms with Gasteiger partial charge in [0.2, 0.25) is 0 Å². The first-order valence-electron chi connectivity index (χ1n) is 4.46. The molecule has 1 heterocycles. The van der Waals surface area contributed by atoms with Crippen LogP contribution in [0, 0.1) is 10.1 Å². The van der Waals surface area contributed by atoms with Gasteiger partial charge in [-0.15, -0.1) is 0 Å². The van der Waals surface area contributed by atoms with Gasteiger partial charge < -0.3 is 4.42 Å². The lowest BCUT2D eigenvalue weighted by Crippen LogP contribution is -1.84. The molecule has 1 rings (SSSR count). The van der Waals surface area contributed by atoms with Crippen molar-refractivity contribution in [3.8, 4) is 0 Å². The van der Waals surface area contributed by atoms with Gasteiger partial charge >= 0.3 is 5.88 Å². The zero-order chi connectivity index (χ0) is 9.68. The van der Waals surface area contributed by atoms with Crippen LogP contribution in [0.5, 0.6) is 0 Å². The average molecular weight is 183 g/mol. The minimum Gasteiger partial charge on any atom is -0.409 e. The molecule has 0 aliphatic carbocycles. The van der Waals surface area contributed by atoms with E-state index < -0.39 is 4.92 Å². The van der Waals surface area contributed by atoms with Crippen molar-refractivity contribution in [2.45, 2.75) is 32.6 Å². The number of hydrogen-bond donors (Lipinski definition) is 0. The van der Waals surface area contributed by atoms with E-state index in [9.17, 15) is 10.1 Å². The van der Waals surface area contributed by atoms with Crippen LogP contribution in [-0.2, 0) is 6.42 Å². The summed E-state index contributed by atoms with van der Waals surface area (Å²) in [5.41, 5.74) is 0.917. The van der Waals surface area contributed by atoms with Crippen LogP contribution in [0.15, 0.2) is 16.7 Å². The molecule has 0 atom stereocenters. The SMILES string of the molecule is CCCCCc1coc([N+](=O)[O-])c1. The van der Waals surface area contributed by atoms with Crippen molar-refractivity contribution < 1.29 is 9.34 Å². The first-order valence-corrected chi connectivity index (χ1v) is 4.46. The third-order valence-corrected chi connectivity index (χ3v) is 1.89. The second-order valence-corrected chi connectivity index (χ2v) is 3.01. The number of nitro groups is 1. The van der Waals surface area contributed by atoms with Crippen molar-refractivity contribution in [1.29, 1.82) is 0 Å². The summed E-state index contributed by atoms with van der Waals surface area (Å²) in [5.74, 6) is -0.161. The fourth-order valence-corrected chi connectivity index (χ4v) is 1.17. The highest BCUT2D eigenvalue weighted by Crippen LogP contribution is 2.17. The number of aryl methyl sites for hydroxylation is 1. The molecule has 0 fully saturated rings. The Kier molecular flexibility index (Phi) is 3.49. The Balaban J connectivity index is 2.44. The molecule has 0 aliphatic heterocycles. The molecule has 0 aliphatic rings. The Bertz CT molecular complexity index is 280. The average Bonchev–Trinajstić information content (AvgIpc) is 2.53. The van der Waals surface area contributed by atoms with Crippen molar-refractivity contribution in [2.75, 3.05) is 0 Å². The highest BCUT2D eigenvalue weighted by Gasteiger charge is 2.10. The van der Waals surface area contributed by atoms with Gasteiger partial charge in [0.25, 0.3) is 0 Å². The maximum absolute atomic E-state index is 10.3. The maximum Gasteiger partial charge on any atom is 0.433 e. The van der Waals surface area contributed by atoms with E-state index in [1.807, 2.05) is 0 Å². The number of rotatable bonds is 5. The number of nitrogens with zero attached hydrogens (tertiary/aromatic N) is 1. The molecule has 0 bridgehead atoms. The van der Waals surface area contributed by atoms with E-state index in [0.717, 1.165) is 31.2 Å². The second-order valence-electron chi connectivity index (χ2n) is 3.01. The van der Waals surface area contributed by atoms with Crippen molar-refractivity contribution in [3.63, 3.8) is 0 Å². The van der Waals surface area contributed by atoms with E-state index in [-0.39, 0.29) is 5.88 Å². The Labute approximate surface area is 76.7 Å². The second kappa shape index (κ2) is 4.64. The molecule has 1 aromatic rings. The minimum absolute atomic E-state index is 0.161. The molecule has 72 valence electrons. The number of hydrogen-bond acceptors (Lipinski definition) is 3. The smallest absolute Gasteiger partial charge is 0.409 e. The van der Waals surface area contributed by atoms with Crippen LogP contribution >= 0.6 is 0 Å². The summed E-state index contributed by atoms with van der Waals surface area (Å²) < 4.78 is 4.76. The highest BCUT2D eigenvalue weighted by molar-refractivity contribution is 5.22. The lowest BCUT2D eigenvalue weighted by atomic mass is 10.1. The van der Waals surface area contributed by atoms with Crippen molar-refractivity contribution in [2.24, 2.45) is 0 Å². The third-order valence-electron chi connectivity index (χ3n) is 1.89. The Hall–Kier alpha value is -1.32. The Morgan fingerprint density at radius 1 is 1.54 bits per heavy atom. The summed E-state index contributed by atoms with van der Waals surface area (Å²) in [6.07, 6.45) is 5.70. The normalized spacial score (nSPS) is 10.2. The summed E-state index contributed by atoms with van der Waals surface area (Å²) >= 11 is 0. The van der Waals surface area contributed by atoms with Crippen LogP contribution in [0.25, 0.3) is 0 Å². The van der Waals surface area contributed by atoms with Gasteiger partial charge in [-0.05, 0) is 18.4 Å². The number of unbranched alkanes of at least 4 members (excludes halogenated alkanes) is 2. The fourth-order valence-electron chi connectivity index (χ4n) is 1.17. The first-order chi connectivity index (χ1) is 6.24. The largest absolute Gasteiger partial charge is 0.433 e. The van der Waals surface area contributed by atoms with Crippen LogP contribution in [0.4, 0.5) is 5.88 Å². The van der Waals surface area contributed by atoms with Gasteiger partial charge in [0.1, 0.15) is 11.2 Å². The Morgan fingerprint density at radius 3 is 2.85 bits per heavy atom. The van der Waals surface area contributed by atoms with E-state index >= 15 is 0 Å². The lowest BCUT2D eigenvalue weighted by molar-refractivity contribution is -0.402. The fraction of sp³-hybridized carbons (Fsp3) is 0.556. The quantitative estimate of drug-likeness (QED) is 0.400. The van der Waals surface area contributed by atoms with Crippen LogP contribution in [0.2, 0.25) is 0 Å².